The van der Waals surface area contributed by atoms with E-state index in [0.717, 1.165) is 0 Å². The number of carbonyl (C=O) groups excluding carboxylic acids is 1. The lowest BCUT2D eigenvalue weighted by Gasteiger charge is -2.01. The molecule has 76 valence electrons. The zero-order valence-electron chi connectivity index (χ0n) is 7.58. The van der Waals surface area contributed by atoms with Gasteiger partial charge in [0, 0.05) is 25.9 Å². The predicted molar refractivity (Wildman–Crippen MR) is 48.2 cm³/mol. The molecule has 0 aromatic heterocycles. The molecule has 0 spiro atoms. The first-order valence-corrected chi connectivity index (χ1v) is 4.35. The topological polar surface area (TPSA) is 92.4 Å². The van der Waals surface area contributed by atoms with Crippen molar-refractivity contribution in [1.29, 1.82) is 0 Å². The lowest BCUT2D eigenvalue weighted by molar-refractivity contribution is -0.137. The molecular formula is C8H16N2O3. The summed E-state index contributed by atoms with van der Waals surface area (Å²) >= 11 is 0. The Hall–Kier alpha value is -1.10. The lowest BCUT2D eigenvalue weighted by atomic mass is 10.2. The number of amides is 1. The summed E-state index contributed by atoms with van der Waals surface area (Å²) < 4.78 is 0. The molecule has 5 heteroatoms. The van der Waals surface area contributed by atoms with Gasteiger partial charge in [-0.05, 0) is 12.8 Å². The van der Waals surface area contributed by atoms with E-state index in [0.29, 0.717) is 32.4 Å². The number of carbonyl (C=O) groups is 2. The van der Waals surface area contributed by atoms with Crippen LogP contribution in [0.1, 0.15) is 25.7 Å². The number of hydrogen-bond acceptors (Lipinski definition) is 3. The van der Waals surface area contributed by atoms with Crippen LogP contribution in [0.15, 0.2) is 0 Å². The minimum atomic E-state index is -0.817. The van der Waals surface area contributed by atoms with Crippen LogP contribution in [-0.2, 0) is 9.59 Å². The first kappa shape index (κ1) is 11.9. The summed E-state index contributed by atoms with van der Waals surface area (Å²) in [6.07, 6.45) is 1.67. The largest absolute Gasteiger partial charge is 0.481 e. The van der Waals surface area contributed by atoms with E-state index in [9.17, 15) is 9.59 Å². The molecule has 0 saturated carbocycles. The van der Waals surface area contributed by atoms with E-state index in [1.54, 1.807) is 0 Å². The van der Waals surface area contributed by atoms with Gasteiger partial charge in [-0.1, -0.05) is 0 Å². The second-order valence-electron chi connectivity index (χ2n) is 2.74. The van der Waals surface area contributed by atoms with E-state index in [1.165, 1.54) is 0 Å². The number of nitrogens with one attached hydrogen (secondary N) is 1. The summed E-state index contributed by atoms with van der Waals surface area (Å²) in [6.45, 7) is 0.915. The highest BCUT2D eigenvalue weighted by Crippen LogP contribution is 1.99. The SMILES string of the molecule is NCCNC(=O)CCCCC(=O)O. The van der Waals surface area contributed by atoms with Gasteiger partial charge in [0.05, 0.1) is 0 Å². The first-order valence-electron chi connectivity index (χ1n) is 4.35. The van der Waals surface area contributed by atoms with Gasteiger partial charge in [0.25, 0.3) is 0 Å². The molecule has 0 bridgehead atoms. The monoisotopic (exact) mass is 188 g/mol. The molecule has 0 aliphatic rings. The quantitative estimate of drug-likeness (QED) is 0.478. The van der Waals surface area contributed by atoms with Gasteiger partial charge < -0.3 is 16.2 Å². The molecule has 0 heterocycles. The Bertz CT molecular complexity index is 171. The maximum absolute atomic E-state index is 10.9. The van der Waals surface area contributed by atoms with Gasteiger partial charge in [-0.25, -0.2) is 0 Å². The van der Waals surface area contributed by atoms with Crippen molar-refractivity contribution >= 4 is 11.9 Å². The fourth-order valence-electron chi connectivity index (χ4n) is 0.862. The summed E-state index contributed by atoms with van der Waals surface area (Å²) in [5.41, 5.74) is 5.18. The minimum Gasteiger partial charge on any atom is -0.481 e. The van der Waals surface area contributed by atoms with Crippen LogP contribution in [-0.4, -0.2) is 30.1 Å². The maximum atomic E-state index is 10.9. The molecule has 0 aliphatic carbocycles. The van der Waals surface area contributed by atoms with Gasteiger partial charge in [0.1, 0.15) is 0 Å². The molecule has 1 amide bonds. The molecule has 0 aromatic rings. The van der Waals surface area contributed by atoms with Crippen molar-refractivity contribution in [2.45, 2.75) is 25.7 Å². The average Bonchev–Trinajstić information content (AvgIpc) is 2.08. The number of rotatable bonds is 7. The lowest BCUT2D eigenvalue weighted by Crippen LogP contribution is -2.28. The van der Waals surface area contributed by atoms with Crippen molar-refractivity contribution in [2.75, 3.05) is 13.1 Å². The van der Waals surface area contributed by atoms with Gasteiger partial charge in [-0.15, -0.1) is 0 Å². The Labute approximate surface area is 77.3 Å². The van der Waals surface area contributed by atoms with Crippen molar-refractivity contribution in [1.82, 2.24) is 5.32 Å². The highest BCUT2D eigenvalue weighted by Gasteiger charge is 2.01. The smallest absolute Gasteiger partial charge is 0.303 e. The highest BCUT2D eigenvalue weighted by atomic mass is 16.4. The van der Waals surface area contributed by atoms with Crippen LogP contribution in [0.25, 0.3) is 0 Å². The Morgan fingerprint density at radius 2 is 1.85 bits per heavy atom. The minimum absolute atomic E-state index is 0.0594. The van der Waals surface area contributed by atoms with E-state index in [4.69, 9.17) is 10.8 Å². The van der Waals surface area contributed by atoms with Crippen molar-refractivity contribution in [3.8, 4) is 0 Å². The molecule has 0 radical (unpaired) electrons. The molecule has 4 N–H and O–H groups in total. The van der Waals surface area contributed by atoms with E-state index in [-0.39, 0.29) is 12.3 Å². The summed E-state index contributed by atoms with van der Waals surface area (Å²) in [7, 11) is 0. The molecule has 0 fully saturated rings. The van der Waals surface area contributed by atoms with Gasteiger partial charge in [-0.3, -0.25) is 9.59 Å². The second kappa shape index (κ2) is 7.54. The molecule has 0 rings (SSSR count). The van der Waals surface area contributed by atoms with Crippen molar-refractivity contribution in [2.24, 2.45) is 5.73 Å². The van der Waals surface area contributed by atoms with Crippen LogP contribution in [0.2, 0.25) is 0 Å². The summed E-state index contributed by atoms with van der Waals surface area (Å²) in [6, 6.07) is 0. The standard InChI is InChI=1S/C8H16N2O3/c9-5-6-10-7(11)3-1-2-4-8(12)13/h1-6,9H2,(H,10,11)(H,12,13). The molecular weight excluding hydrogens is 172 g/mol. The fraction of sp³-hybridized carbons (Fsp3) is 0.750. The number of carboxylic acids is 1. The maximum Gasteiger partial charge on any atom is 0.303 e. The van der Waals surface area contributed by atoms with Gasteiger partial charge in [0.15, 0.2) is 0 Å². The summed E-state index contributed by atoms with van der Waals surface area (Å²) in [5.74, 6) is -0.877. The predicted octanol–water partition coefficient (Wildman–Crippen LogP) is -0.294. The Balaban J connectivity index is 3.22. The Morgan fingerprint density at radius 1 is 1.23 bits per heavy atom. The third-order valence-electron chi connectivity index (χ3n) is 1.51. The van der Waals surface area contributed by atoms with Crippen molar-refractivity contribution in [3.05, 3.63) is 0 Å². The molecule has 0 aliphatic heterocycles. The van der Waals surface area contributed by atoms with Crippen molar-refractivity contribution in [3.63, 3.8) is 0 Å². The van der Waals surface area contributed by atoms with Crippen LogP contribution in [0, 0.1) is 0 Å². The zero-order valence-corrected chi connectivity index (χ0v) is 7.58. The normalized spacial score (nSPS) is 9.62. The Kier molecular flexibility index (Phi) is 6.91. The zero-order chi connectivity index (χ0) is 10.1. The molecule has 0 saturated heterocycles. The number of unbranched alkanes of at least 4 members (excludes halogenated alkanes) is 1. The number of carboxylic acid groups (broad SMARTS) is 1. The van der Waals surface area contributed by atoms with E-state index in [2.05, 4.69) is 5.32 Å². The van der Waals surface area contributed by atoms with E-state index >= 15 is 0 Å². The highest BCUT2D eigenvalue weighted by molar-refractivity contribution is 5.75. The molecule has 0 aromatic carbocycles. The van der Waals surface area contributed by atoms with Crippen LogP contribution in [0.4, 0.5) is 0 Å². The van der Waals surface area contributed by atoms with E-state index in [1.807, 2.05) is 0 Å². The molecule has 0 unspecified atom stereocenters. The number of hydrogen-bond donors (Lipinski definition) is 3. The van der Waals surface area contributed by atoms with Crippen LogP contribution in [0.3, 0.4) is 0 Å². The molecule has 5 nitrogen and oxygen atoms in total. The number of aliphatic carboxylic acids is 1. The summed E-state index contributed by atoms with van der Waals surface area (Å²) in [5, 5.41) is 10.9. The first-order chi connectivity index (χ1) is 6.16. The average molecular weight is 188 g/mol. The third kappa shape index (κ3) is 8.81. The molecule has 0 atom stereocenters. The van der Waals surface area contributed by atoms with Crippen molar-refractivity contribution < 1.29 is 14.7 Å². The van der Waals surface area contributed by atoms with Gasteiger partial charge in [0.2, 0.25) is 5.91 Å². The van der Waals surface area contributed by atoms with Gasteiger partial charge in [-0.2, -0.15) is 0 Å². The van der Waals surface area contributed by atoms with E-state index < -0.39 is 5.97 Å². The third-order valence-corrected chi connectivity index (χ3v) is 1.51. The van der Waals surface area contributed by atoms with Crippen LogP contribution >= 0.6 is 0 Å². The number of nitrogens with two attached hydrogens (primary N) is 1. The summed E-state index contributed by atoms with van der Waals surface area (Å²) in [4.78, 5) is 21.0. The Morgan fingerprint density at radius 3 is 2.38 bits per heavy atom. The fourth-order valence-corrected chi connectivity index (χ4v) is 0.862. The van der Waals surface area contributed by atoms with Crippen LogP contribution < -0.4 is 11.1 Å². The molecule has 13 heavy (non-hydrogen) atoms. The van der Waals surface area contributed by atoms with Gasteiger partial charge >= 0.3 is 5.97 Å². The van der Waals surface area contributed by atoms with Crippen LogP contribution in [0.5, 0.6) is 0 Å². The second-order valence-corrected chi connectivity index (χ2v) is 2.74.